The van der Waals surface area contributed by atoms with Crippen LogP contribution in [0.1, 0.15) is 70.9 Å². The zero-order valence-electron chi connectivity index (χ0n) is 21.6. The molecule has 5 heteroatoms. The number of pyridine rings is 1. The molecule has 1 aromatic heterocycles. The van der Waals surface area contributed by atoms with Crippen molar-refractivity contribution >= 4 is 11.4 Å². The van der Waals surface area contributed by atoms with Crippen LogP contribution in [0.3, 0.4) is 0 Å². The lowest BCUT2D eigenvalue weighted by Gasteiger charge is -2.60. The molecule has 1 saturated heterocycles. The summed E-state index contributed by atoms with van der Waals surface area (Å²) in [5.74, 6) is 2.51. The van der Waals surface area contributed by atoms with Crippen molar-refractivity contribution in [2.45, 2.75) is 71.3 Å². The molecule has 0 bridgehead atoms. The summed E-state index contributed by atoms with van der Waals surface area (Å²) in [6, 6.07) is 5.90. The van der Waals surface area contributed by atoms with Crippen LogP contribution in [0.4, 0.5) is 0 Å². The largest absolute Gasteiger partial charge is 0.393 e. The van der Waals surface area contributed by atoms with Gasteiger partial charge in [0.25, 0.3) is 0 Å². The lowest BCUT2D eigenvalue weighted by molar-refractivity contribution is -0.133. The van der Waals surface area contributed by atoms with E-state index in [1.54, 1.807) is 6.20 Å². The Labute approximate surface area is 210 Å². The second kappa shape index (κ2) is 9.08. The number of nitrogens with zero attached hydrogens (tertiary/aromatic N) is 2. The molecule has 4 aliphatic carbocycles. The molecule has 5 aliphatic rings. The predicted octanol–water partition coefficient (Wildman–Crippen LogP) is 4.32. The lowest BCUT2D eigenvalue weighted by Crippen LogP contribution is -2.57. The van der Waals surface area contributed by atoms with Crippen molar-refractivity contribution in [1.82, 2.24) is 15.2 Å². The number of carbonyl (C=O) groups is 1. The number of nitrogens with one attached hydrogen (secondary N) is 1. The molecule has 1 aliphatic heterocycles. The summed E-state index contributed by atoms with van der Waals surface area (Å²) in [7, 11) is 0. The summed E-state index contributed by atoms with van der Waals surface area (Å²) in [5.41, 5.74) is 3.16. The molecular formula is C30H43N3O2. The molecule has 0 unspecified atom stereocenters. The Morgan fingerprint density at radius 2 is 1.97 bits per heavy atom. The van der Waals surface area contributed by atoms with Crippen molar-refractivity contribution in [2.24, 2.45) is 34.5 Å². The predicted molar refractivity (Wildman–Crippen MR) is 139 cm³/mol. The van der Waals surface area contributed by atoms with E-state index in [0.29, 0.717) is 18.3 Å². The van der Waals surface area contributed by atoms with Crippen LogP contribution in [0.5, 0.6) is 0 Å². The number of carbonyl (C=O) groups excluding carboxylic acids is 1. The molecule has 0 amide bonds. The SMILES string of the molecule is C[C@]12C[C@H](O)[C@H]3[C@@H](CCC4=C(c5ccccn5)C(=O)CC[C@@]43C)[C@@H]1CC[C@@H]2CCN1CCNCC1. The van der Waals surface area contributed by atoms with Crippen molar-refractivity contribution in [3.63, 3.8) is 0 Å². The van der Waals surface area contributed by atoms with E-state index in [9.17, 15) is 9.90 Å². The normalized spacial score (nSPS) is 41.9. The monoisotopic (exact) mass is 477 g/mol. The van der Waals surface area contributed by atoms with Crippen LogP contribution in [0.15, 0.2) is 30.0 Å². The highest BCUT2D eigenvalue weighted by molar-refractivity contribution is 6.22. The fourth-order valence-corrected chi connectivity index (χ4v) is 9.50. The van der Waals surface area contributed by atoms with Gasteiger partial charge in [0, 0.05) is 44.4 Å². The Kier molecular flexibility index (Phi) is 6.18. The minimum atomic E-state index is -0.278. The highest BCUT2D eigenvalue weighted by Crippen LogP contribution is 2.67. The van der Waals surface area contributed by atoms with Gasteiger partial charge in [0.2, 0.25) is 0 Å². The number of Topliss-reactive ketones (excluding diaryl/α,β-unsaturated/α-hetero) is 1. The Balaban J connectivity index is 1.27. The topological polar surface area (TPSA) is 65.5 Å². The van der Waals surface area contributed by atoms with Crippen LogP contribution in [0.25, 0.3) is 5.57 Å². The molecule has 1 aromatic rings. The molecule has 3 saturated carbocycles. The summed E-state index contributed by atoms with van der Waals surface area (Å²) >= 11 is 0. The Morgan fingerprint density at radius 1 is 1.14 bits per heavy atom. The second-order valence-electron chi connectivity index (χ2n) is 12.7. The number of ketones is 1. The van der Waals surface area contributed by atoms with E-state index >= 15 is 0 Å². The average molecular weight is 478 g/mol. The summed E-state index contributed by atoms with van der Waals surface area (Å²) in [6.07, 6.45) is 9.92. The molecule has 7 atom stereocenters. The molecule has 0 aromatic carbocycles. The van der Waals surface area contributed by atoms with Crippen molar-refractivity contribution in [3.8, 4) is 0 Å². The maximum atomic E-state index is 13.1. The summed E-state index contributed by atoms with van der Waals surface area (Å²) in [6.45, 7) is 10.7. The zero-order valence-corrected chi connectivity index (χ0v) is 21.6. The maximum Gasteiger partial charge on any atom is 0.165 e. The Morgan fingerprint density at radius 3 is 2.74 bits per heavy atom. The van der Waals surface area contributed by atoms with E-state index in [1.165, 1.54) is 44.5 Å². The smallest absolute Gasteiger partial charge is 0.165 e. The van der Waals surface area contributed by atoms with Crippen molar-refractivity contribution < 1.29 is 9.90 Å². The van der Waals surface area contributed by atoms with E-state index in [4.69, 9.17) is 0 Å². The van der Waals surface area contributed by atoms with Gasteiger partial charge in [-0.3, -0.25) is 9.78 Å². The Bertz CT molecular complexity index is 987. The summed E-state index contributed by atoms with van der Waals surface area (Å²) in [5, 5.41) is 15.3. The number of aromatic nitrogens is 1. The number of allylic oxidation sites excluding steroid dienone is 1. The van der Waals surface area contributed by atoms with Crippen molar-refractivity contribution in [2.75, 3.05) is 32.7 Å². The first kappa shape index (κ1) is 23.8. The van der Waals surface area contributed by atoms with Crippen LogP contribution in [-0.4, -0.2) is 59.6 Å². The number of hydrogen-bond acceptors (Lipinski definition) is 5. The van der Waals surface area contributed by atoms with Gasteiger partial charge in [-0.05, 0) is 98.1 Å². The molecule has 0 radical (unpaired) electrons. The molecule has 190 valence electrons. The van der Waals surface area contributed by atoms with Gasteiger partial charge < -0.3 is 15.3 Å². The first-order valence-electron chi connectivity index (χ1n) is 14.2. The van der Waals surface area contributed by atoms with E-state index in [2.05, 4.69) is 29.0 Å². The summed E-state index contributed by atoms with van der Waals surface area (Å²) < 4.78 is 0. The van der Waals surface area contributed by atoms with Gasteiger partial charge in [-0.1, -0.05) is 25.5 Å². The first-order valence-corrected chi connectivity index (χ1v) is 14.2. The fraction of sp³-hybridized carbons (Fsp3) is 0.733. The van der Waals surface area contributed by atoms with Gasteiger partial charge in [-0.25, -0.2) is 0 Å². The third-order valence-corrected chi connectivity index (χ3v) is 11.2. The third-order valence-electron chi connectivity index (χ3n) is 11.2. The fourth-order valence-electron chi connectivity index (χ4n) is 9.50. The van der Waals surface area contributed by atoms with Gasteiger partial charge in [-0.2, -0.15) is 0 Å². The molecule has 2 N–H and O–H groups in total. The van der Waals surface area contributed by atoms with Crippen LogP contribution in [-0.2, 0) is 4.79 Å². The molecule has 6 rings (SSSR count). The van der Waals surface area contributed by atoms with Gasteiger partial charge in [0.15, 0.2) is 5.78 Å². The van der Waals surface area contributed by atoms with Gasteiger partial charge in [0.05, 0.1) is 11.8 Å². The highest BCUT2D eigenvalue weighted by atomic mass is 16.3. The van der Waals surface area contributed by atoms with Gasteiger partial charge >= 0.3 is 0 Å². The number of aliphatic hydroxyl groups excluding tert-OH is 1. The number of hydrogen-bond donors (Lipinski definition) is 2. The van der Waals surface area contributed by atoms with Crippen LogP contribution < -0.4 is 5.32 Å². The maximum absolute atomic E-state index is 13.1. The van der Waals surface area contributed by atoms with E-state index < -0.39 is 0 Å². The van der Waals surface area contributed by atoms with Crippen LogP contribution >= 0.6 is 0 Å². The van der Waals surface area contributed by atoms with Gasteiger partial charge in [0.1, 0.15) is 0 Å². The molecule has 35 heavy (non-hydrogen) atoms. The quantitative estimate of drug-likeness (QED) is 0.676. The molecule has 0 spiro atoms. The first-order chi connectivity index (χ1) is 16.9. The van der Waals surface area contributed by atoms with E-state index in [-0.39, 0.29) is 28.6 Å². The molecule has 4 fully saturated rings. The average Bonchev–Trinajstić information content (AvgIpc) is 3.19. The second-order valence-corrected chi connectivity index (χ2v) is 12.7. The van der Waals surface area contributed by atoms with Crippen molar-refractivity contribution in [3.05, 3.63) is 35.7 Å². The van der Waals surface area contributed by atoms with Gasteiger partial charge in [-0.15, -0.1) is 0 Å². The third kappa shape index (κ3) is 3.84. The van der Waals surface area contributed by atoms with E-state index in [0.717, 1.165) is 56.0 Å². The Hall–Kier alpha value is -1.56. The number of rotatable bonds is 4. The standard InChI is InChI=1S/C30H43N3O2/c1-29-12-10-25(34)27(24-5-3-4-13-32-24)23(29)9-7-21-22-8-6-20(11-16-33-17-14-31-15-18-33)30(22,2)19-26(35)28(21)29/h3-5,13,20-22,26,28,31,35H,6-12,14-19H2,1-2H3/t20-,21+,22+,26+,28-,29+,30-/m1/s1. The number of aliphatic hydroxyl groups is 1. The minimum Gasteiger partial charge on any atom is -0.393 e. The number of piperazine rings is 1. The van der Waals surface area contributed by atoms with Crippen LogP contribution in [0, 0.1) is 34.5 Å². The summed E-state index contributed by atoms with van der Waals surface area (Å²) in [4.78, 5) is 20.4. The minimum absolute atomic E-state index is 0.0939. The molecule has 2 heterocycles. The van der Waals surface area contributed by atoms with Crippen molar-refractivity contribution in [1.29, 1.82) is 0 Å². The molecule has 5 nitrogen and oxygen atoms in total. The van der Waals surface area contributed by atoms with Crippen LogP contribution in [0.2, 0.25) is 0 Å². The highest BCUT2D eigenvalue weighted by Gasteiger charge is 2.62. The van der Waals surface area contributed by atoms with E-state index in [1.807, 2.05) is 18.2 Å². The molecular weight excluding hydrogens is 434 g/mol. The lowest BCUT2D eigenvalue weighted by atomic mass is 9.45. The zero-order chi connectivity index (χ0) is 24.2. The number of fused-ring (bicyclic) bond motifs is 5.